The summed E-state index contributed by atoms with van der Waals surface area (Å²) in [6, 6.07) is -0.358. The predicted molar refractivity (Wildman–Crippen MR) is 37.1 cm³/mol. The Morgan fingerprint density at radius 2 is 2.11 bits per heavy atom. The molecule has 0 aliphatic heterocycles. The molecule has 0 atom stereocenters. The fourth-order valence-electron chi connectivity index (χ4n) is 0.638. The summed E-state index contributed by atoms with van der Waals surface area (Å²) in [5, 5.41) is 0. The zero-order valence-corrected chi connectivity index (χ0v) is 6.22. The maximum atomic E-state index is 10.4. The molecule has 0 aromatic heterocycles. The molecular formula is C6H14N2O. The topological polar surface area (TPSA) is 46.3 Å². The van der Waals surface area contributed by atoms with Gasteiger partial charge in [0, 0.05) is 13.6 Å². The normalized spacial score (nSPS) is 9.78. The van der Waals surface area contributed by atoms with Crippen LogP contribution in [0.2, 0.25) is 0 Å². The lowest BCUT2D eigenvalue weighted by Gasteiger charge is -2.15. The van der Waals surface area contributed by atoms with Crippen LogP contribution in [-0.2, 0) is 0 Å². The Morgan fingerprint density at radius 1 is 1.67 bits per heavy atom. The van der Waals surface area contributed by atoms with Crippen molar-refractivity contribution in [3.8, 4) is 0 Å². The summed E-state index contributed by atoms with van der Waals surface area (Å²) in [6.07, 6.45) is 0. The molecule has 0 saturated heterocycles. The largest absolute Gasteiger partial charge is 0.351 e. The minimum absolute atomic E-state index is 0.358. The Bertz CT molecular complexity index is 101. The van der Waals surface area contributed by atoms with E-state index in [4.69, 9.17) is 5.73 Å². The number of urea groups is 1. The molecule has 2 N–H and O–H groups in total. The van der Waals surface area contributed by atoms with Gasteiger partial charge in [0.2, 0.25) is 0 Å². The fourth-order valence-corrected chi connectivity index (χ4v) is 0.638. The van der Waals surface area contributed by atoms with Crippen LogP contribution in [0, 0.1) is 5.92 Å². The molecule has 0 aliphatic carbocycles. The summed E-state index contributed by atoms with van der Waals surface area (Å²) in [5.41, 5.74) is 4.97. The van der Waals surface area contributed by atoms with E-state index in [9.17, 15) is 4.79 Å². The monoisotopic (exact) mass is 130 g/mol. The summed E-state index contributed by atoms with van der Waals surface area (Å²) >= 11 is 0. The molecule has 0 aromatic carbocycles. The first-order valence-electron chi connectivity index (χ1n) is 3.04. The van der Waals surface area contributed by atoms with E-state index in [1.54, 1.807) is 7.05 Å². The zero-order chi connectivity index (χ0) is 7.44. The number of carbonyl (C=O) groups excluding carboxylic acids is 1. The van der Waals surface area contributed by atoms with Gasteiger partial charge >= 0.3 is 6.03 Å². The van der Waals surface area contributed by atoms with Crippen molar-refractivity contribution in [3.63, 3.8) is 0 Å². The molecule has 0 rings (SSSR count). The highest BCUT2D eigenvalue weighted by molar-refractivity contribution is 5.71. The Balaban J connectivity index is 3.50. The van der Waals surface area contributed by atoms with Gasteiger partial charge in [0.05, 0.1) is 0 Å². The molecule has 9 heavy (non-hydrogen) atoms. The first kappa shape index (κ1) is 8.27. The molecule has 3 heteroatoms. The van der Waals surface area contributed by atoms with Gasteiger partial charge in [0.25, 0.3) is 0 Å². The average Bonchev–Trinajstić information content (AvgIpc) is 1.63. The van der Waals surface area contributed by atoms with Crippen molar-refractivity contribution < 1.29 is 4.79 Å². The van der Waals surface area contributed by atoms with E-state index < -0.39 is 0 Å². The Morgan fingerprint density at radius 3 is 2.22 bits per heavy atom. The van der Waals surface area contributed by atoms with Crippen LogP contribution in [0.15, 0.2) is 0 Å². The minimum atomic E-state index is -0.358. The van der Waals surface area contributed by atoms with Crippen molar-refractivity contribution in [1.82, 2.24) is 4.90 Å². The maximum Gasteiger partial charge on any atom is 0.314 e. The molecule has 0 radical (unpaired) electrons. The molecule has 3 nitrogen and oxygen atoms in total. The van der Waals surface area contributed by atoms with Crippen LogP contribution in [-0.4, -0.2) is 24.5 Å². The first-order chi connectivity index (χ1) is 4.04. The average molecular weight is 130 g/mol. The van der Waals surface area contributed by atoms with Gasteiger partial charge in [-0.1, -0.05) is 13.8 Å². The van der Waals surface area contributed by atoms with Crippen LogP contribution < -0.4 is 5.73 Å². The summed E-state index contributed by atoms with van der Waals surface area (Å²) in [7, 11) is 1.70. The highest BCUT2D eigenvalue weighted by Crippen LogP contribution is 1.93. The van der Waals surface area contributed by atoms with E-state index >= 15 is 0 Å². The molecule has 0 unspecified atom stereocenters. The summed E-state index contributed by atoms with van der Waals surface area (Å²) in [6.45, 7) is 4.81. The van der Waals surface area contributed by atoms with Crippen LogP contribution in [0.3, 0.4) is 0 Å². The second kappa shape index (κ2) is 3.33. The lowest BCUT2D eigenvalue weighted by molar-refractivity contribution is 0.213. The van der Waals surface area contributed by atoms with Crippen LogP contribution in [0.5, 0.6) is 0 Å². The van der Waals surface area contributed by atoms with Crippen LogP contribution in [0.25, 0.3) is 0 Å². The molecule has 0 spiro atoms. The maximum absolute atomic E-state index is 10.4. The quantitative estimate of drug-likeness (QED) is 0.586. The highest BCUT2D eigenvalue weighted by Gasteiger charge is 2.03. The number of hydrogen-bond acceptors (Lipinski definition) is 1. The molecule has 0 aromatic rings. The molecule has 0 saturated carbocycles. The van der Waals surface area contributed by atoms with E-state index in [1.165, 1.54) is 4.90 Å². The van der Waals surface area contributed by atoms with Gasteiger partial charge in [0.1, 0.15) is 0 Å². The van der Waals surface area contributed by atoms with Crippen LogP contribution in [0.1, 0.15) is 13.8 Å². The number of nitrogens with two attached hydrogens (primary N) is 1. The lowest BCUT2D eigenvalue weighted by atomic mass is 10.2. The molecule has 54 valence electrons. The van der Waals surface area contributed by atoms with Crippen LogP contribution in [0.4, 0.5) is 4.79 Å². The molecular weight excluding hydrogens is 116 g/mol. The lowest BCUT2D eigenvalue weighted by Crippen LogP contribution is -2.34. The standard InChI is InChI=1S/C6H14N2O/c1-5(2)4-8(3)6(7)9/h5H,4H2,1-3H3,(H2,7,9). The highest BCUT2D eigenvalue weighted by atomic mass is 16.2. The molecule has 0 fully saturated rings. The number of primary amides is 1. The van der Waals surface area contributed by atoms with E-state index in [0.717, 1.165) is 6.54 Å². The number of rotatable bonds is 2. The third-order valence-electron chi connectivity index (χ3n) is 1.02. The first-order valence-corrected chi connectivity index (χ1v) is 3.04. The van der Waals surface area contributed by atoms with Gasteiger partial charge < -0.3 is 10.6 Å². The smallest absolute Gasteiger partial charge is 0.314 e. The number of nitrogens with zero attached hydrogens (tertiary/aromatic N) is 1. The van der Waals surface area contributed by atoms with Gasteiger partial charge in [-0.25, -0.2) is 4.79 Å². The van der Waals surface area contributed by atoms with Gasteiger partial charge in [-0.3, -0.25) is 0 Å². The van der Waals surface area contributed by atoms with Crippen molar-refractivity contribution in [1.29, 1.82) is 0 Å². The van der Waals surface area contributed by atoms with Crippen molar-refractivity contribution >= 4 is 6.03 Å². The third-order valence-corrected chi connectivity index (χ3v) is 1.02. The Hall–Kier alpha value is -0.730. The summed E-state index contributed by atoms with van der Waals surface area (Å²) < 4.78 is 0. The van der Waals surface area contributed by atoms with Gasteiger partial charge in [-0.15, -0.1) is 0 Å². The number of carbonyl (C=O) groups is 1. The second-order valence-corrected chi connectivity index (χ2v) is 2.61. The molecule has 0 bridgehead atoms. The zero-order valence-electron chi connectivity index (χ0n) is 6.22. The minimum Gasteiger partial charge on any atom is -0.351 e. The molecule has 2 amide bonds. The van der Waals surface area contributed by atoms with Crippen LogP contribution >= 0.6 is 0 Å². The van der Waals surface area contributed by atoms with E-state index in [0.29, 0.717) is 5.92 Å². The van der Waals surface area contributed by atoms with Gasteiger partial charge in [-0.05, 0) is 5.92 Å². The van der Waals surface area contributed by atoms with Crippen molar-refractivity contribution in [2.24, 2.45) is 11.7 Å². The van der Waals surface area contributed by atoms with E-state index in [2.05, 4.69) is 0 Å². The van der Waals surface area contributed by atoms with Crippen molar-refractivity contribution in [2.45, 2.75) is 13.8 Å². The fraction of sp³-hybridized carbons (Fsp3) is 0.833. The van der Waals surface area contributed by atoms with Gasteiger partial charge in [0.15, 0.2) is 0 Å². The summed E-state index contributed by atoms with van der Waals surface area (Å²) in [4.78, 5) is 11.9. The number of hydrogen-bond donors (Lipinski definition) is 1. The van der Waals surface area contributed by atoms with E-state index in [-0.39, 0.29) is 6.03 Å². The summed E-state index contributed by atoms with van der Waals surface area (Å²) in [5.74, 6) is 0.488. The second-order valence-electron chi connectivity index (χ2n) is 2.61. The molecule has 0 aliphatic rings. The van der Waals surface area contributed by atoms with Crippen molar-refractivity contribution in [2.75, 3.05) is 13.6 Å². The van der Waals surface area contributed by atoms with Crippen molar-refractivity contribution in [3.05, 3.63) is 0 Å². The number of amides is 2. The van der Waals surface area contributed by atoms with E-state index in [1.807, 2.05) is 13.8 Å². The Labute approximate surface area is 55.8 Å². The Kier molecular flexibility index (Phi) is 3.06. The van der Waals surface area contributed by atoms with Gasteiger partial charge in [-0.2, -0.15) is 0 Å². The third kappa shape index (κ3) is 3.82. The SMILES string of the molecule is CC(C)CN(C)C(N)=O. The predicted octanol–water partition coefficient (Wildman–Crippen LogP) is 0.653. The molecule has 0 heterocycles.